The molecule has 3 aromatic rings. The zero-order valence-corrected chi connectivity index (χ0v) is 22.5. The first-order valence-electron chi connectivity index (χ1n) is 12.8. The molecular weight excluding hydrogens is 521 g/mol. The van der Waals surface area contributed by atoms with Gasteiger partial charge in [-0.1, -0.05) is 38.5 Å². The molecule has 0 bridgehead atoms. The average molecular weight is 554 g/mol. The van der Waals surface area contributed by atoms with Gasteiger partial charge < -0.3 is 19.8 Å². The fourth-order valence-corrected chi connectivity index (χ4v) is 5.19. The summed E-state index contributed by atoms with van der Waals surface area (Å²) >= 11 is 0. The van der Waals surface area contributed by atoms with E-state index in [4.69, 9.17) is 4.18 Å². The lowest BCUT2D eigenvalue weighted by atomic mass is 10.2. The highest BCUT2D eigenvalue weighted by atomic mass is 32.2. The van der Waals surface area contributed by atoms with E-state index in [1.165, 1.54) is 43.2 Å². The highest BCUT2D eigenvalue weighted by molar-refractivity contribution is 7.86. The van der Waals surface area contributed by atoms with E-state index in [9.17, 15) is 17.6 Å². The van der Waals surface area contributed by atoms with Crippen LogP contribution in [0.5, 0.6) is 0 Å². The molecule has 0 saturated heterocycles. The molecule has 9 nitrogen and oxygen atoms in total. The van der Waals surface area contributed by atoms with Crippen molar-refractivity contribution in [2.24, 2.45) is 0 Å². The molecule has 1 fully saturated rings. The molecule has 0 unspecified atom stereocenters. The molecule has 1 saturated carbocycles. The molecule has 206 valence electrons. The second-order valence-corrected chi connectivity index (χ2v) is 10.8. The number of hydrogen-bond acceptors (Lipinski definition) is 6. The smallest absolute Gasteiger partial charge is 0.339 e. The number of carbonyl (C=O) groups excluding carboxylic acids is 1. The average Bonchev–Trinajstić information content (AvgIpc) is 3.56. The summed E-state index contributed by atoms with van der Waals surface area (Å²) in [6.07, 6.45) is 8.17. The monoisotopic (exact) mass is 553 g/mol. The number of urea groups is 1. The minimum Gasteiger partial charge on any atom is -0.382 e. The Hall–Kier alpha value is -4.12. The third-order valence-electron chi connectivity index (χ3n) is 6.25. The van der Waals surface area contributed by atoms with Crippen molar-refractivity contribution in [1.29, 1.82) is 0 Å². The van der Waals surface area contributed by atoms with Gasteiger partial charge in [0.1, 0.15) is 16.5 Å². The predicted octanol–water partition coefficient (Wildman–Crippen LogP) is 5.72. The Kier molecular flexibility index (Phi) is 9.03. The van der Waals surface area contributed by atoms with Crippen LogP contribution in [0.25, 0.3) is 6.08 Å². The minimum atomic E-state index is -4.06. The fraction of sp³-hybridized carbons (Fsp3) is 0.286. The molecular formula is C28H32FN5O4S. The molecule has 2 aromatic carbocycles. The van der Waals surface area contributed by atoms with Gasteiger partial charge in [-0.2, -0.15) is 8.42 Å². The van der Waals surface area contributed by atoms with Crippen molar-refractivity contribution in [3.05, 3.63) is 89.7 Å². The summed E-state index contributed by atoms with van der Waals surface area (Å²) < 4.78 is 43.9. The van der Waals surface area contributed by atoms with Gasteiger partial charge in [-0.15, -0.1) is 0 Å². The van der Waals surface area contributed by atoms with E-state index >= 15 is 0 Å². The Labute approximate surface area is 227 Å². The molecule has 1 heterocycles. The standard InChI is InChI=1S/C28H32FN5O4S/c1-3-25-26(33-27(32-25)34-28(35)30-18-20-7-6-8-21(29)17-20)16-11-19(2)38-39(36,37)24-14-12-23(13-15-24)31-22-9-4-5-10-22/h6-8,11-17,22,31H,2-5,9-10,18H2,1H3,(H3,30,32,33,34,35)/b16-11-. The second-order valence-electron chi connectivity index (χ2n) is 9.23. The van der Waals surface area contributed by atoms with E-state index in [-0.39, 0.29) is 29.0 Å². The molecule has 11 heteroatoms. The van der Waals surface area contributed by atoms with Gasteiger partial charge in [-0.3, -0.25) is 5.32 Å². The second kappa shape index (κ2) is 12.6. The Morgan fingerprint density at radius 1 is 1.21 bits per heavy atom. The number of nitrogens with zero attached hydrogens (tertiary/aromatic N) is 1. The lowest BCUT2D eigenvalue weighted by molar-refractivity contribution is 0.251. The van der Waals surface area contributed by atoms with E-state index in [1.807, 2.05) is 6.92 Å². The van der Waals surface area contributed by atoms with Crippen molar-refractivity contribution < 1.29 is 21.8 Å². The fourth-order valence-electron chi connectivity index (χ4n) is 4.28. The number of H-pyrrole nitrogens is 1. The summed E-state index contributed by atoms with van der Waals surface area (Å²) in [4.78, 5) is 19.6. The van der Waals surface area contributed by atoms with Crippen molar-refractivity contribution in [2.75, 3.05) is 10.6 Å². The Morgan fingerprint density at radius 2 is 1.95 bits per heavy atom. The van der Waals surface area contributed by atoms with E-state index in [0.29, 0.717) is 29.4 Å². The molecule has 0 spiro atoms. The van der Waals surface area contributed by atoms with Crippen molar-refractivity contribution in [2.45, 2.75) is 56.5 Å². The lowest BCUT2D eigenvalue weighted by Gasteiger charge is -2.14. The van der Waals surface area contributed by atoms with Gasteiger partial charge in [0, 0.05) is 24.0 Å². The summed E-state index contributed by atoms with van der Waals surface area (Å²) in [5, 5.41) is 8.65. The number of halogens is 1. The summed E-state index contributed by atoms with van der Waals surface area (Å²) in [5.41, 5.74) is 2.69. The number of aromatic amines is 1. The normalized spacial score (nSPS) is 13.9. The van der Waals surface area contributed by atoms with Crippen LogP contribution in [0.1, 0.15) is 49.6 Å². The summed E-state index contributed by atoms with van der Waals surface area (Å²) in [6.45, 7) is 5.74. The summed E-state index contributed by atoms with van der Waals surface area (Å²) in [5.74, 6) is -0.267. The zero-order valence-electron chi connectivity index (χ0n) is 21.7. The molecule has 4 N–H and O–H groups in total. The van der Waals surface area contributed by atoms with Crippen molar-refractivity contribution in [3.8, 4) is 0 Å². The zero-order chi connectivity index (χ0) is 27.8. The van der Waals surface area contributed by atoms with Crippen molar-refractivity contribution in [1.82, 2.24) is 15.3 Å². The van der Waals surface area contributed by atoms with Crippen molar-refractivity contribution >= 4 is 33.9 Å². The van der Waals surface area contributed by atoms with Crippen LogP contribution in [0, 0.1) is 5.82 Å². The molecule has 0 radical (unpaired) electrons. The molecule has 39 heavy (non-hydrogen) atoms. The number of allylic oxidation sites excluding steroid dienone is 1. The number of nitrogens with one attached hydrogen (secondary N) is 4. The van der Waals surface area contributed by atoms with E-state index in [2.05, 4.69) is 32.5 Å². The third-order valence-corrected chi connectivity index (χ3v) is 7.53. The van der Waals surface area contributed by atoms with Crippen molar-refractivity contribution in [3.63, 3.8) is 0 Å². The lowest BCUT2D eigenvalue weighted by Crippen LogP contribution is -2.28. The van der Waals surface area contributed by atoms with Gasteiger partial charge in [0.25, 0.3) is 0 Å². The third kappa shape index (κ3) is 7.93. The SMILES string of the molecule is C=C(/C=C\c1nc(NC(=O)NCc2cccc(F)c2)[nH]c1CC)OS(=O)(=O)c1ccc(NC2CCCC2)cc1. The largest absolute Gasteiger partial charge is 0.382 e. The Morgan fingerprint density at radius 3 is 2.64 bits per heavy atom. The van der Waals surface area contributed by atoms with Crippen LogP contribution >= 0.6 is 0 Å². The van der Waals surface area contributed by atoms with E-state index in [0.717, 1.165) is 18.5 Å². The highest BCUT2D eigenvalue weighted by Gasteiger charge is 2.18. The van der Waals surface area contributed by atoms with Crippen LogP contribution in [-0.4, -0.2) is 30.5 Å². The summed E-state index contributed by atoms with van der Waals surface area (Å²) in [7, 11) is -4.06. The number of carbonyl (C=O) groups is 1. The number of hydrogen-bond donors (Lipinski definition) is 4. The summed E-state index contributed by atoms with van der Waals surface area (Å²) in [6, 6.07) is 12.3. The quantitative estimate of drug-likeness (QED) is 0.137. The molecule has 1 aliphatic rings. The first-order chi connectivity index (χ1) is 18.7. The van der Waals surface area contributed by atoms with Gasteiger partial charge >= 0.3 is 16.1 Å². The highest BCUT2D eigenvalue weighted by Crippen LogP contribution is 2.24. The Balaban J connectivity index is 1.32. The number of imidazole rings is 1. The van der Waals surface area contributed by atoms with Crippen LogP contribution in [0.15, 0.2) is 71.8 Å². The molecule has 4 rings (SSSR count). The molecule has 0 aliphatic heterocycles. The first-order valence-corrected chi connectivity index (χ1v) is 14.2. The first kappa shape index (κ1) is 27.9. The number of aryl methyl sites for hydroxylation is 1. The van der Waals surface area contributed by atoms with Crippen LogP contribution in [0.2, 0.25) is 0 Å². The molecule has 0 atom stereocenters. The van der Waals surface area contributed by atoms with Gasteiger partial charge in [-0.05, 0) is 73.4 Å². The number of rotatable bonds is 11. The van der Waals surface area contributed by atoms with Gasteiger partial charge in [-0.25, -0.2) is 14.2 Å². The Bertz CT molecular complexity index is 1440. The predicted molar refractivity (Wildman–Crippen MR) is 149 cm³/mol. The van der Waals surface area contributed by atoms with Crippen LogP contribution in [-0.2, 0) is 27.3 Å². The molecule has 1 aromatic heterocycles. The van der Waals surface area contributed by atoms with Gasteiger partial charge in [0.2, 0.25) is 5.95 Å². The van der Waals surface area contributed by atoms with Crippen LogP contribution < -0.4 is 16.0 Å². The van der Waals surface area contributed by atoms with Gasteiger partial charge in [0.05, 0.1) is 5.69 Å². The number of anilines is 2. The number of amides is 2. The maximum Gasteiger partial charge on any atom is 0.339 e. The topological polar surface area (TPSA) is 125 Å². The van der Waals surface area contributed by atoms with E-state index in [1.54, 1.807) is 30.3 Å². The van der Waals surface area contributed by atoms with Gasteiger partial charge in [0.15, 0.2) is 0 Å². The van der Waals surface area contributed by atoms with Crippen LogP contribution in [0.3, 0.4) is 0 Å². The minimum absolute atomic E-state index is 0.0266. The van der Waals surface area contributed by atoms with Crippen LogP contribution in [0.4, 0.5) is 20.8 Å². The number of aromatic nitrogens is 2. The molecule has 1 aliphatic carbocycles. The molecule has 2 amide bonds. The maximum atomic E-state index is 13.3. The maximum absolute atomic E-state index is 13.3. The number of benzene rings is 2. The van der Waals surface area contributed by atoms with E-state index < -0.39 is 16.1 Å².